The predicted octanol–water partition coefficient (Wildman–Crippen LogP) is 0.0372. The lowest BCUT2D eigenvalue weighted by Gasteiger charge is -2.18. The average molecular weight is 253 g/mol. The molecule has 98 valence electrons. The zero-order chi connectivity index (χ0) is 13.3. The molecule has 0 aromatic heterocycles. The van der Waals surface area contributed by atoms with Crippen molar-refractivity contribution < 1.29 is 24.2 Å². The fourth-order valence-electron chi connectivity index (χ4n) is 2.47. The lowest BCUT2D eigenvalue weighted by atomic mass is 9.85. The minimum Gasteiger partial charge on any atom is -0.479 e. The van der Waals surface area contributed by atoms with E-state index in [-0.39, 0.29) is 30.2 Å². The van der Waals surface area contributed by atoms with Gasteiger partial charge in [-0.25, -0.2) is 4.79 Å². The maximum Gasteiger partial charge on any atom is 0.334 e. The summed E-state index contributed by atoms with van der Waals surface area (Å²) < 4.78 is 4.76. The minimum absolute atomic E-state index is 0.212. The van der Waals surface area contributed by atoms with Crippen LogP contribution in [0.5, 0.6) is 0 Å². The molecule has 1 saturated heterocycles. The summed E-state index contributed by atoms with van der Waals surface area (Å²) in [5, 5.41) is 8.88. The molecule has 0 saturated carbocycles. The van der Waals surface area contributed by atoms with Crippen molar-refractivity contribution in [3.8, 4) is 0 Å². The number of methoxy groups -OCH3 is 1. The maximum atomic E-state index is 12.0. The first-order valence-corrected chi connectivity index (χ1v) is 5.82. The highest BCUT2D eigenvalue weighted by Crippen LogP contribution is 2.35. The highest BCUT2D eigenvalue weighted by molar-refractivity contribution is 6.05. The van der Waals surface area contributed by atoms with E-state index in [1.807, 2.05) is 12.2 Å². The fraction of sp³-hybridized carbons (Fsp3) is 0.583. The van der Waals surface area contributed by atoms with Crippen LogP contribution in [0.4, 0.5) is 0 Å². The molecule has 0 aromatic carbocycles. The van der Waals surface area contributed by atoms with Crippen molar-refractivity contribution in [3.05, 3.63) is 12.2 Å². The van der Waals surface area contributed by atoms with Gasteiger partial charge in [-0.05, 0) is 12.8 Å². The van der Waals surface area contributed by atoms with Crippen LogP contribution in [0, 0.1) is 11.8 Å². The van der Waals surface area contributed by atoms with Gasteiger partial charge in [0.25, 0.3) is 0 Å². The quantitative estimate of drug-likeness (QED) is 0.564. The number of aliphatic carboxylic acids is 1. The smallest absolute Gasteiger partial charge is 0.334 e. The molecule has 18 heavy (non-hydrogen) atoms. The van der Waals surface area contributed by atoms with Crippen LogP contribution in [0.1, 0.15) is 12.8 Å². The number of carbonyl (C=O) groups is 3. The van der Waals surface area contributed by atoms with Gasteiger partial charge in [-0.3, -0.25) is 14.5 Å². The molecule has 2 rings (SSSR count). The van der Waals surface area contributed by atoms with E-state index >= 15 is 0 Å². The molecular formula is C12H15NO5. The van der Waals surface area contributed by atoms with Crippen LogP contribution in [-0.4, -0.2) is 47.5 Å². The minimum atomic E-state index is -1.17. The number of nitrogens with zero attached hydrogens (tertiary/aromatic N) is 1. The highest BCUT2D eigenvalue weighted by atomic mass is 16.5. The number of allylic oxidation sites excluding steroid dienone is 2. The van der Waals surface area contributed by atoms with Gasteiger partial charge in [-0.1, -0.05) is 12.2 Å². The van der Waals surface area contributed by atoms with Crippen molar-refractivity contribution in [2.75, 3.05) is 13.7 Å². The molecule has 0 radical (unpaired) electrons. The Bertz CT molecular complexity index is 391. The van der Waals surface area contributed by atoms with Gasteiger partial charge in [0.1, 0.15) is 0 Å². The summed E-state index contributed by atoms with van der Waals surface area (Å²) in [5.74, 6) is -2.39. The number of carbonyl (C=O) groups excluding carboxylic acids is 2. The first kappa shape index (κ1) is 12.8. The van der Waals surface area contributed by atoms with Crippen molar-refractivity contribution in [2.45, 2.75) is 18.9 Å². The molecule has 1 heterocycles. The van der Waals surface area contributed by atoms with Gasteiger partial charge in [-0.2, -0.15) is 0 Å². The molecule has 6 heteroatoms. The molecule has 1 aliphatic carbocycles. The molecule has 0 bridgehead atoms. The van der Waals surface area contributed by atoms with Gasteiger partial charge in [-0.15, -0.1) is 0 Å². The Morgan fingerprint density at radius 3 is 2.28 bits per heavy atom. The molecule has 6 nitrogen and oxygen atoms in total. The van der Waals surface area contributed by atoms with Crippen LogP contribution in [0.25, 0.3) is 0 Å². The number of carboxylic acids is 1. The molecule has 2 amide bonds. The van der Waals surface area contributed by atoms with Crippen molar-refractivity contribution in [1.29, 1.82) is 0 Å². The maximum absolute atomic E-state index is 12.0. The molecule has 1 aliphatic heterocycles. The third kappa shape index (κ3) is 2.03. The molecule has 1 unspecified atom stereocenters. The lowest BCUT2D eigenvalue weighted by molar-refractivity contribution is -0.152. The van der Waals surface area contributed by atoms with E-state index in [4.69, 9.17) is 9.84 Å². The number of carboxylic acid groups (broad SMARTS) is 1. The SMILES string of the molecule is COC(CN1C(=O)[C@H]2CC=CC[C@H]2C1=O)C(=O)O. The second-order valence-corrected chi connectivity index (χ2v) is 4.51. The summed E-state index contributed by atoms with van der Waals surface area (Å²) in [6.45, 7) is -0.212. The van der Waals surface area contributed by atoms with Crippen LogP contribution in [0.15, 0.2) is 12.2 Å². The molecule has 2 aliphatic rings. The largest absolute Gasteiger partial charge is 0.479 e. The zero-order valence-corrected chi connectivity index (χ0v) is 10.0. The number of fused-ring (bicyclic) bond motifs is 1. The Morgan fingerprint density at radius 1 is 1.39 bits per heavy atom. The first-order chi connectivity index (χ1) is 8.56. The second-order valence-electron chi connectivity index (χ2n) is 4.51. The van der Waals surface area contributed by atoms with Crippen LogP contribution >= 0.6 is 0 Å². The van der Waals surface area contributed by atoms with E-state index < -0.39 is 12.1 Å². The molecule has 1 fully saturated rings. The van der Waals surface area contributed by atoms with E-state index in [9.17, 15) is 14.4 Å². The van der Waals surface area contributed by atoms with Crippen molar-refractivity contribution >= 4 is 17.8 Å². The summed E-state index contributed by atoms with van der Waals surface area (Å²) in [4.78, 5) is 36.0. The van der Waals surface area contributed by atoms with Gasteiger partial charge < -0.3 is 9.84 Å². The molecule has 1 N–H and O–H groups in total. The lowest BCUT2D eigenvalue weighted by Crippen LogP contribution is -2.41. The number of amides is 2. The Hall–Kier alpha value is -1.69. The topological polar surface area (TPSA) is 83.9 Å². The number of hydrogen-bond donors (Lipinski definition) is 1. The average Bonchev–Trinajstić information content (AvgIpc) is 2.60. The van der Waals surface area contributed by atoms with Gasteiger partial charge >= 0.3 is 5.97 Å². The summed E-state index contributed by atoms with van der Waals surface area (Å²) in [6, 6.07) is 0. The number of likely N-dealkylation sites (tertiary alicyclic amines) is 1. The van der Waals surface area contributed by atoms with Crippen LogP contribution in [0.3, 0.4) is 0 Å². The number of imide groups is 1. The Kier molecular flexibility index (Phi) is 3.47. The monoisotopic (exact) mass is 253 g/mol. The first-order valence-electron chi connectivity index (χ1n) is 5.82. The Balaban J connectivity index is 2.13. The summed E-state index contributed by atoms with van der Waals surface area (Å²) in [5.41, 5.74) is 0. The van der Waals surface area contributed by atoms with Gasteiger partial charge in [0.2, 0.25) is 11.8 Å². The van der Waals surface area contributed by atoms with E-state index in [1.54, 1.807) is 0 Å². The fourth-order valence-corrected chi connectivity index (χ4v) is 2.47. The zero-order valence-electron chi connectivity index (χ0n) is 10.0. The van der Waals surface area contributed by atoms with Crippen LogP contribution < -0.4 is 0 Å². The summed E-state index contributed by atoms with van der Waals surface area (Å²) in [6.07, 6.45) is 3.72. The third-order valence-electron chi connectivity index (χ3n) is 3.51. The summed E-state index contributed by atoms with van der Waals surface area (Å²) >= 11 is 0. The highest BCUT2D eigenvalue weighted by Gasteiger charge is 2.48. The van der Waals surface area contributed by atoms with E-state index in [1.165, 1.54) is 7.11 Å². The van der Waals surface area contributed by atoms with E-state index in [2.05, 4.69) is 0 Å². The Morgan fingerprint density at radius 2 is 1.89 bits per heavy atom. The van der Waals surface area contributed by atoms with Gasteiger partial charge in [0.05, 0.1) is 18.4 Å². The van der Waals surface area contributed by atoms with E-state index in [0.717, 1.165) is 4.90 Å². The van der Waals surface area contributed by atoms with Gasteiger partial charge in [0.15, 0.2) is 6.10 Å². The van der Waals surface area contributed by atoms with Crippen molar-refractivity contribution in [1.82, 2.24) is 4.90 Å². The molecule has 0 aromatic rings. The molecule has 3 atom stereocenters. The standard InChI is InChI=1S/C12H15NO5/c1-18-9(12(16)17)6-13-10(14)7-4-2-3-5-8(7)11(13)15/h2-3,7-9H,4-6H2,1H3,(H,16,17)/t7-,8+,9?. The van der Waals surface area contributed by atoms with Crippen LogP contribution in [0.2, 0.25) is 0 Å². The molecular weight excluding hydrogens is 238 g/mol. The van der Waals surface area contributed by atoms with Crippen LogP contribution in [-0.2, 0) is 19.1 Å². The van der Waals surface area contributed by atoms with Gasteiger partial charge in [0, 0.05) is 7.11 Å². The molecule has 0 spiro atoms. The number of rotatable bonds is 4. The summed E-state index contributed by atoms with van der Waals surface area (Å²) in [7, 11) is 1.25. The van der Waals surface area contributed by atoms with Crippen molar-refractivity contribution in [3.63, 3.8) is 0 Å². The number of hydrogen-bond acceptors (Lipinski definition) is 4. The third-order valence-corrected chi connectivity index (χ3v) is 3.51. The van der Waals surface area contributed by atoms with Crippen molar-refractivity contribution in [2.24, 2.45) is 11.8 Å². The van der Waals surface area contributed by atoms with E-state index in [0.29, 0.717) is 12.8 Å². The number of ether oxygens (including phenoxy) is 1. The normalized spacial score (nSPS) is 28.4. The Labute approximate surface area is 104 Å². The predicted molar refractivity (Wildman–Crippen MR) is 60.5 cm³/mol. The second kappa shape index (κ2) is 4.89.